The summed E-state index contributed by atoms with van der Waals surface area (Å²) < 4.78 is 47.6. The molecule has 0 amide bonds. The van der Waals surface area contributed by atoms with Gasteiger partial charge in [-0.05, 0) is 42.3 Å². The molecule has 0 radical (unpaired) electrons. The standard InChI is InChI=1S/C32H23ClF2N4O5/c33-22-7-6-19(30-21(22)14-27(35)44-30)16-43-29-3-1-2-24(37-29)18-5-4-17(23(34)12-18)13-28-36-25-8-9-26(32(40)41)38-31(25)39(28)15-20-10-11-42-20/h1-9,12,14,20H,10-11,13,15-16H2,(H,40,41)/t20-/m0/s1. The number of ether oxygens (including phenoxy) is 2. The molecule has 7 rings (SSSR count). The molecule has 2 aromatic carbocycles. The highest BCUT2D eigenvalue weighted by Gasteiger charge is 2.24. The molecule has 9 nitrogen and oxygen atoms in total. The molecule has 0 saturated carbocycles. The molecule has 1 atom stereocenters. The Kier molecular flexibility index (Phi) is 7.19. The Morgan fingerprint density at radius 1 is 1.05 bits per heavy atom. The lowest BCUT2D eigenvalue weighted by Crippen LogP contribution is -2.32. The Bertz CT molecular complexity index is 2060. The lowest BCUT2D eigenvalue weighted by Gasteiger charge is -2.27. The molecule has 5 heterocycles. The molecule has 1 N–H and O–H groups in total. The first-order valence-electron chi connectivity index (χ1n) is 13.8. The van der Waals surface area contributed by atoms with Crippen molar-refractivity contribution in [3.63, 3.8) is 0 Å². The van der Waals surface area contributed by atoms with Gasteiger partial charge in [-0.15, -0.1) is 0 Å². The highest BCUT2D eigenvalue weighted by molar-refractivity contribution is 6.35. The van der Waals surface area contributed by atoms with Crippen molar-refractivity contribution >= 4 is 39.7 Å². The van der Waals surface area contributed by atoms with Gasteiger partial charge in [0.15, 0.2) is 11.3 Å². The molecule has 12 heteroatoms. The Morgan fingerprint density at radius 3 is 2.66 bits per heavy atom. The van der Waals surface area contributed by atoms with Crippen LogP contribution in [0.2, 0.25) is 5.02 Å². The summed E-state index contributed by atoms with van der Waals surface area (Å²) in [5.74, 6) is -0.738. The molecule has 222 valence electrons. The van der Waals surface area contributed by atoms with E-state index in [4.69, 9.17) is 25.5 Å². The van der Waals surface area contributed by atoms with E-state index in [9.17, 15) is 14.3 Å². The Labute approximate surface area is 253 Å². The van der Waals surface area contributed by atoms with Crippen LogP contribution in [0.5, 0.6) is 5.88 Å². The van der Waals surface area contributed by atoms with Crippen LogP contribution < -0.4 is 4.74 Å². The fourth-order valence-corrected chi connectivity index (χ4v) is 5.39. The lowest BCUT2D eigenvalue weighted by atomic mass is 10.1. The molecule has 1 aliphatic heterocycles. The van der Waals surface area contributed by atoms with Crippen LogP contribution in [-0.2, 0) is 24.3 Å². The summed E-state index contributed by atoms with van der Waals surface area (Å²) in [4.78, 5) is 25.0. The number of imidazole rings is 1. The Hall–Kier alpha value is -4.87. The van der Waals surface area contributed by atoms with Crippen molar-refractivity contribution in [2.24, 2.45) is 0 Å². The van der Waals surface area contributed by atoms with Gasteiger partial charge in [-0.25, -0.2) is 24.1 Å². The average Bonchev–Trinajstić information content (AvgIpc) is 3.55. The highest BCUT2D eigenvalue weighted by atomic mass is 35.5. The molecule has 4 aromatic heterocycles. The largest absolute Gasteiger partial charge is 0.477 e. The van der Waals surface area contributed by atoms with Gasteiger partial charge in [0, 0.05) is 41.7 Å². The fourth-order valence-electron chi connectivity index (χ4n) is 5.18. The zero-order chi connectivity index (χ0) is 30.4. The Balaban J connectivity index is 1.12. The van der Waals surface area contributed by atoms with Crippen molar-refractivity contribution in [3.05, 3.63) is 106 Å². The van der Waals surface area contributed by atoms with E-state index in [1.807, 2.05) is 4.57 Å². The monoisotopic (exact) mass is 616 g/mol. The number of carbonyl (C=O) groups is 1. The van der Waals surface area contributed by atoms with Gasteiger partial charge < -0.3 is 23.6 Å². The SMILES string of the molecule is O=C(O)c1ccc2nc(Cc3ccc(-c4cccc(OCc5ccc(Cl)c6cc(F)oc56)n4)cc3F)n(C[C@@H]3CCO3)c2n1. The van der Waals surface area contributed by atoms with Crippen LogP contribution in [0.3, 0.4) is 0 Å². The van der Waals surface area contributed by atoms with Crippen LogP contribution in [0.25, 0.3) is 33.4 Å². The van der Waals surface area contributed by atoms with E-state index in [1.54, 1.807) is 48.5 Å². The van der Waals surface area contributed by atoms with E-state index in [-0.39, 0.29) is 24.8 Å². The molecule has 1 fully saturated rings. The second-order valence-corrected chi connectivity index (χ2v) is 10.8. The third-order valence-electron chi connectivity index (χ3n) is 7.55. The quantitative estimate of drug-likeness (QED) is 0.188. The maximum Gasteiger partial charge on any atom is 0.354 e. The zero-order valence-electron chi connectivity index (χ0n) is 23.0. The normalized spacial score (nSPS) is 14.7. The zero-order valence-corrected chi connectivity index (χ0v) is 23.7. The summed E-state index contributed by atoms with van der Waals surface area (Å²) in [6.07, 6.45) is 0.985. The molecule has 0 unspecified atom stereocenters. The van der Waals surface area contributed by atoms with Crippen LogP contribution in [0.15, 0.2) is 71.1 Å². The van der Waals surface area contributed by atoms with Crippen molar-refractivity contribution in [2.75, 3.05) is 6.61 Å². The molecule has 1 saturated heterocycles. The molecule has 0 bridgehead atoms. The van der Waals surface area contributed by atoms with Gasteiger partial charge in [0.25, 0.3) is 6.01 Å². The first kappa shape index (κ1) is 27.9. The van der Waals surface area contributed by atoms with Crippen molar-refractivity contribution in [2.45, 2.75) is 32.1 Å². The Morgan fingerprint density at radius 2 is 1.89 bits per heavy atom. The number of fused-ring (bicyclic) bond motifs is 2. The molecule has 0 aliphatic carbocycles. The van der Waals surface area contributed by atoms with Gasteiger partial charge in [0.1, 0.15) is 29.3 Å². The number of hydrogen-bond donors (Lipinski definition) is 1. The fraction of sp³-hybridized carbons (Fsp3) is 0.188. The van der Waals surface area contributed by atoms with Crippen molar-refractivity contribution in [1.29, 1.82) is 0 Å². The van der Waals surface area contributed by atoms with Gasteiger partial charge in [0.05, 0.1) is 23.4 Å². The lowest BCUT2D eigenvalue weighted by molar-refractivity contribution is -0.0590. The highest BCUT2D eigenvalue weighted by Crippen LogP contribution is 2.31. The van der Waals surface area contributed by atoms with Crippen molar-refractivity contribution in [1.82, 2.24) is 19.5 Å². The average molecular weight is 617 g/mol. The number of carboxylic acids is 1. The smallest absolute Gasteiger partial charge is 0.354 e. The predicted octanol–water partition coefficient (Wildman–Crippen LogP) is 6.83. The van der Waals surface area contributed by atoms with E-state index < -0.39 is 17.8 Å². The third kappa shape index (κ3) is 5.36. The van der Waals surface area contributed by atoms with Crippen LogP contribution in [0, 0.1) is 11.8 Å². The minimum atomic E-state index is -1.14. The number of pyridine rings is 2. The van der Waals surface area contributed by atoms with E-state index in [2.05, 4.69) is 15.0 Å². The van der Waals surface area contributed by atoms with Crippen LogP contribution in [-0.4, -0.2) is 43.3 Å². The van der Waals surface area contributed by atoms with Crippen LogP contribution >= 0.6 is 11.6 Å². The third-order valence-corrected chi connectivity index (χ3v) is 7.88. The molecular weight excluding hydrogens is 594 g/mol. The van der Waals surface area contributed by atoms with Gasteiger partial charge in [-0.3, -0.25) is 0 Å². The molecule has 1 aliphatic rings. The van der Waals surface area contributed by atoms with Gasteiger partial charge >= 0.3 is 5.97 Å². The number of carboxylic acid groups (broad SMARTS) is 1. The van der Waals surface area contributed by atoms with Gasteiger partial charge in [0.2, 0.25) is 5.88 Å². The maximum atomic E-state index is 15.5. The topological polar surface area (TPSA) is 112 Å². The minimum Gasteiger partial charge on any atom is -0.477 e. The molecule has 44 heavy (non-hydrogen) atoms. The summed E-state index contributed by atoms with van der Waals surface area (Å²) >= 11 is 6.15. The summed E-state index contributed by atoms with van der Waals surface area (Å²) in [5, 5.41) is 10.2. The van der Waals surface area contributed by atoms with E-state index in [1.165, 1.54) is 18.2 Å². The minimum absolute atomic E-state index is 0.0415. The summed E-state index contributed by atoms with van der Waals surface area (Å²) in [6.45, 7) is 1.15. The number of rotatable bonds is 9. The van der Waals surface area contributed by atoms with E-state index in [0.29, 0.717) is 74.4 Å². The second kappa shape index (κ2) is 11.3. The van der Waals surface area contributed by atoms with Crippen LogP contribution in [0.4, 0.5) is 8.78 Å². The maximum absolute atomic E-state index is 15.5. The van der Waals surface area contributed by atoms with Crippen LogP contribution in [0.1, 0.15) is 33.9 Å². The molecule has 0 spiro atoms. The first-order valence-corrected chi connectivity index (χ1v) is 14.2. The number of benzene rings is 2. The van der Waals surface area contributed by atoms with E-state index in [0.717, 1.165) is 6.42 Å². The van der Waals surface area contributed by atoms with Gasteiger partial charge in [-0.2, -0.15) is 4.39 Å². The first-order chi connectivity index (χ1) is 21.3. The number of aromatic nitrogens is 4. The number of halogens is 3. The van der Waals surface area contributed by atoms with Crippen molar-refractivity contribution in [3.8, 4) is 17.1 Å². The van der Waals surface area contributed by atoms with Crippen molar-refractivity contribution < 1.29 is 32.6 Å². The number of hydrogen-bond acceptors (Lipinski definition) is 7. The molecule has 6 aromatic rings. The molecular formula is C32H23ClF2N4O5. The summed E-state index contributed by atoms with van der Waals surface area (Å²) in [7, 11) is 0. The predicted molar refractivity (Wildman–Crippen MR) is 157 cm³/mol. The number of nitrogens with zero attached hydrogens (tertiary/aromatic N) is 4. The number of furan rings is 1. The van der Waals surface area contributed by atoms with E-state index >= 15 is 4.39 Å². The van der Waals surface area contributed by atoms with Gasteiger partial charge in [-0.1, -0.05) is 35.9 Å². The number of aromatic carboxylic acids is 1. The summed E-state index contributed by atoms with van der Waals surface area (Å²) in [5.41, 5.74) is 3.20. The summed E-state index contributed by atoms with van der Waals surface area (Å²) in [6, 6.07) is 16.8. The second-order valence-electron chi connectivity index (χ2n) is 10.4.